The molecule has 0 amide bonds. The molecule has 0 radical (unpaired) electrons. The number of hydrogen-bond acceptors (Lipinski definition) is 3. The van der Waals surface area contributed by atoms with Gasteiger partial charge in [0.25, 0.3) is 0 Å². The Morgan fingerprint density at radius 2 is 1.91 bits per heavy atom. The molecule has 1 heterocycles. The molecule has 2 aromatic carbocycles. The number of aromatic nitrogens is 1. The predicted octanol–water partition coefficient (Wildman–Crippen LogP) is 4.43. The Morgan fingerprint density at radius 3 is 2.64 bits per heavy atom. The molecule has 0 spiro atoms. The highest BCUT2D eigenvalue weighted by atomic mass is 32.1. The van der Waals surface area contributed by atoms with Crippen molar-refractivity contribution in [2.75, 3.05) is 12.4 Å². The summed E-state index contributed by atoms with van der Waals surface area (Å²) in [7, 11) is 1.98. The molecule has 0 aliphatic heterocycles. The third-order valence-electron chi connectivity index (χ3n) is 3.36. The minimum absolute atomic E-state index is 0.697. The van der Waals surface area contributed by atoms with Crippen LogP contribution in [0, 0.1) is 6.92 Å². The Morgan fingerprint density at radius 1 is 1.18 bits per heavy atom. The van der Waals surface area contributed by atoms with Gasteiger partial charge in [-0.3, -0.25) is 0 Å². The zero-order valence-corrected chi connectivity index (χ0v) is 14.2. The van der Waals surface area contributed by atoms with Crippen molar-refractivity contribution in [3.8, 4) is 0 Å². The second-order valence-corrected chi connectivity index (χ2v) is 6.73. The van der Waals surface area contributed by atoms with E-state index >= 15 is 0 Å². The minimum Gasteiger partial charge on any atom is -0.345 e. The van der Waals surface area contributed by atoms with Crippen LogP contribution >= 0.6 is 23.6 Å². The van der Waals surface area contributed by atoms with Gasteiger partial charge in [0.15, 0.2) is 5.11 Å². The summed E-state index contributed by atoms with van der Waals surface area (Å²) in [5.41, 5.74) is 3.29. The van der Waals surface area contributed by atoms with Gasteiger partial charge in [-0.2, -0.15) is 0 Å². The molecule has 0 saturated heterocycles. The molecular weight excluding hydrogens is 310 g/mol. The van der Waals surface area contributed by atoms with E-state index in [1.165, 1.54) is 10.3 Å². The lowest BCUT2D eigenvalue weighted by Gasteiger charge is -2.19. The molecule has 0 aliphatic carbocycles. The number of rotatable bonds is 3. The van der Waals surface area contributed by atoms with E-state index in [1.54, 1.807) is 11.3 Å². The Bertz CT molecular complexity index is 760. The zero-order chi connectivity index (χ0) is 15.5. The molecular formula is C17H17N3S2. The molecule has 0 saturated carbocycles. The van der Waals surface area contributed by atoms with Crippen LogP contribution in [0.4, 0.5) is 5.69 Å². The largest absolute Gasteiger partial charge is 0.345 e. The first-order valence-corrected chi connectivity index (χ1v) is 8.27. The van der Waals surface area contributed by atoms with Crippen molar-refractivity contribution < 1.29 is 0 Å². The molecule has 3 nitrogen and oxygen atoms in total. The van der Waals surface area contributed by atoms with Crippen LogP contribution in [0.3, 0.4) is 0 Å². The van der Waals surface area contributed by atoms with E-state index in [0.717, 1.165) is 16.2 Å². The van der Waals surface area contributed by atoms with Crippen LogP contribution in [0.1, 0.15) is 10.6 Å². The van der Waals surface area contributed by atoms with Crippen molar-refractivity contribution in [2.45, 2.75) is 13.5 Å². The lowest BCUT2D eigenvalue weighted by molar-refractivity contribution is 0.507. The Hall–Kier alpha value is -1.98. The van der Waals surface area contributed by atoms with Crippen molar-refractivity contribution in [2.24, 2.45) is 0 Å². The van der Waals surface area contributed by atoms with Gasteiger partial charge in [0, 0.05) is 12.7 Å². The van der Waals surface area contributed by atoms with Gasteiger partial charge >= 0.3 is 0 Å². The van der Waals surface area contributed by atoms with Gasteiger partial charge in [-0.1, -0.05) is 29.8 Å². The Kier molecular flexibility index (Phi) is 4.36. The van der Waals surface area contributed by atoms with Gasteiger partial charge in [0.1, 0.15) is 5.01 Å². The van der Waals surface area contributed by atoms with Crippen molar-refractivity contribution in [1.82, 2.24) is 9.88 Å². The predicted molar refractivity (Wildman–Crippen MR) is 98.5 cm³/mol. The maximum absolute atomic E-state index is 5.46. The highest BCUT2D eigenvalue weighted by Crippen LogP contribution is 2.22. The summed E-state index contributed by atoms with van der Waals surface area (Å²) in [6.45, 7) is 2.78. The van der Waals surface area contributed by atoms with E-state index in [0.29, 0.717) is 11.7 Å². The molecule has 5 heteroatoms. The number of benzene rings is 2. The van der Waals surface area contributed by atoms with Crippen LogP contribution in [-0.2, 0) is 6.54 Å². The number of anilines is 1. The SMILES string of the molecule is Cc1ccc(NC(=S)N(C)Cc2nc3ccccc3s2)cc1. The maximum Gasteiger partial charge on any atom is 0.173 e. The zero-order valence-electron chi connectivity index (χ0n) is 12.5. The Balaban J connectivity index is 1.66. The first kappa shape index (κ1) is 14.9. The first-order valence-electron chi connectivity index (χ1n) is 7.05. The average molecular weight is 327 g/mol. The quantitative estimate of drug-likeness (QED) is 0.720. The summed E-state index contributed by atoms with van der Waals surface area (Å²) >= 11 is 7.17. The molecule has 1 aromatic heterocycles. The Labute approximate surface area is 139 Å². The maximum atomic E-state index is 5.46. The van der Waals surface area contributed by atoms with E-state index in [-0.39, 0.29) is 0 Å². The van der Waals surface area contributed by atoms with E-state index in [1.807, 2.05) is 42.3 Å². The number of nitrogens with one attached hydrogen (secondary N) is 1. The highest BCUT2D eigenvalue weighted by Gasteiger charge is 2.09. The van der Waals surface area contributed by atoms with Crippen LogP contribution in [0.5, 0.6) is 0 Å². The van der Waals surface area contributed by atoms with Crippen molar-refractivity contribution in [3.05, 3.63) is 59.1 Å². The van der Waals surface area contributed by atoms with Crippen LogP contribution in [0.15, 0.2) is 48.5 Å². The van der Waals surface area contributed by atoms with Gasteiger partial charge < -0.3 is 10.2 Å². The van der Waals surface area contributed by atoms with Crippen LogP contribution in [0.25, 0.3) is 10.2 Å². The molecule has 0 bridgehead atoms. The molecule has 3 aromatic rings. The third kappa shape index (κ3) is 3.43. The number of para-hydroxylation sites is 1. The van der Waals surface area contributed by atoms with Gasteiger partial charge in [-0.05, 0) is 43.4 Å². The van der Waals surface area contributed by atoms with E-state index < -0.39 is 0 Å². The van der Waals surface area contributed by atoms with E-state index in [2.05, 4.69) is 35.4 Å². The average Bonchev–Trinajstić information content (AvgIpc) is 2.91. The number of nitrogens with zero attached hydrogens (tertiary/aromatic N) is 2. The van der Waals surface area contributed by atoms with Crippen molar-refractivity contribution in [1.29, 1.82) is 0 Å². The smallest absolute Gasteiger partial charge is 0.173 e. The van der Waals surface area contributed by atoms with Gasteiger partial charge in [-0.15, -0.1) is 11.3 Å². The lowest BCUT2D eigenvalue weighted by atomic mass is 10.2. The molecule has 1 N–H and O–H groups in total. The second kappa shape index (κ2) is 6.42. The van der Waals surface area contributed by atoms with Crippen LogP contribution in [0.2, 0.25) is 0 Å². The van der Waals surface area contributed by atoms with Crippen LogP contribution in [-0.4, -0.2) is 22.0 Å². The van der Waals surface area contributed by atoms with E-state index in [9.17, 15) is 0 Å². The third-order valence-corrected chi connectivity index (χ3v) is 4.80. The fourth-order valence-electron chi connectivity index (χ4n) is 2.12. The highest BCUT2D eigenvalue weighted by molar-refractivity contribution is 7.80. The molecule has 0 aliphatic rings. The molecule has 0 unspecified atom stereocenters. The molecule has 0 atom stereocenters. The topological polar surface area (TPSA) is 28.2 Å². The molecule has 112 valence electrons. The van der Waals surface area contributed by atoms with E-state index in [4.69, 9.17) is 12.2 Å². The number of aryl methyl sites for hydroxylation is 1. The first-order chi connectivity index (χ1) is 10.6. The number of thiocarbonyl (C=S) groups is 1. The summed E-state index contributed by atoms with van der Waals surface area (Å²) in [6, 6.07) is 16.4. The fourth-order valence-corrected chi connectivity index (χ4v) is 3.32. The summed E-state index contributed by atoms with van der Waals surface area (Å²) < 4.78 is 1.21. The summed E-state index contributed by atoms with van der Waals surface area (Å²) in [4.78, 5) is 6.65. The van der Waals surface area contributed by atoms with Crippen molar-refractivity contribution >= 4 is 44.6 Å². The molecule has 0 fully saturated rings. The second-order valence-electron chi connectivity index (χ2n) is 5.23. The van der Waals surface area contributed by atoms with Crippen LogP contribution < -0.4 is 5.32 Å². The number of fused-ring (bicyclic) bond motifs is 1. The molecule has 22 heavy (non-hydrogen) atoms. The summed E-state index contributed by atoms with van der Waals surface area (Å²) in [5.74, 6) is 0. The van der Waals surface area contributed by atoms with Crippen molar-refractivity contribution in [3.63, 3.8) is 0 Å². The number of thiazole rings is 1. The monoisotopic (exact) mass is 327 g/mol. The standard InChI is InChI=1S/C17H17N3S2/c1-12-7-9-13(10-8-12)18-17(21)20(2)11-16-19-14-5-3-4-6-15(14)22-16/h3-10H,11H2,1-2H3,(H,18,21). The number of hydrogen-bond donors (Lipinski definition) is 1. The van der Waals surface area contributed by atoms with Gasteiger partial charge in [0.2, 0.25) is 0 Å². The van der Waals surface area contributed by atoms with Gasteiger partial charge in [-0.25, -0.2) is 4.98 Å². The fraction of sp³-hybridized carbons (Fsp3) is 0.176. The summed E-state index contributed by atoms with van der Waals surface area (Å²) in [5, 5.41) is 5.02. The molecule has 3 rings (SSSR count). The normalized spacial score (nSPS) is 10.6. The van der Waals surface area contributed by atoms with Gasteiger partial charge in [0.05, 0.1) is 16.8 Å². The lowest BCUT2D eigenvalue weighted by Crippen LogP contribution is -2.30. The minimum atomic E-state index is 0.697. The summed E-state index contributed by atoms with van der Waals surface area (Å²) in [6.07, 6.45) is 0.